The molecule has 4 atom stereocenters. The first-order chi connectivity index (χ1) is 16.5. The molecule has 178 valence electrons. The number of hydrogen-bond donors (Lipinski definition) is 2. The van der Waals surface area contributed by atoms with Crippen molar-refractivity contribution in [2.24, 2.45) is 13.0 Å². The van der Waals surface area contributed by atoms with Gasteiger partial charge in [-0.2, -0.15) is 5.10 Å². The van der Waals surface area contributed by atoms with Crippen LogP contribution in [0.2, 0.25) is 0 Å². The Morgan fingerprint density at radius 3 is 2.56 bits per heavy atom. The molecular formula is C27H34N6S. The van der Waals surface area contributed by atoms with Crippen molar-refractivity contribution >= 4 is 28.7 Å². The summed E-state index contributed by atoms with van der Waals surface area (Å²) in [6.45, 7) is 3.15. The second kappa shape index (κ2) is 9.76. The lowest BCUT2D eigenvalue weighted by Crippen LogP contribution is -2.56. The minimum Gasteiger partial charge on any atom is -0.378 e. The predicted molar refractivity (Wildman–Crippen MR) is 144 cm³/mol. The van der Waals surface area contributed by atoms with E-state index >= 15 is 0 Å². The molecular weight excluding hydrogens is 440 g/mol. The van der Waals surface area contributed by atoms with Gasteiger partial charge in [-0.25, -0.2) is 0 Å². The largest absolute Gasteiger partial charge is 0.378 e. The molecule has 0 saturated carbocycles. The van der Waals surface area contributed by atoms with Crippen molar-refractivity contribution in [1.82, 2.24) is 20.0 Å². The molecule has 6 rings (SSSR count). The molecule has 1 aromatic heterocycles. The third-order valence-corrected chi connectivity index (χ3v) is 7.63. The maximum Gasteiger partial charge on any atom is 0.170 e. The number of fused-ring (bicyclic) bond motifs is 3. The highest BCUT2D eigenvalue weighted by atomic mass is 32.1. The van der Waals surface area contributed by atoms with E-state index in [-0.39, 0.29) is 0 Å². The van der Waals surface area contributed by atoms with Gasteiger partial charge in [-0.3, -0.25) is 9.58 Å². The molecule has 7 heteroatoms. The average molecular weight is 475 g/mol. The summed E-state index contributed by atoms with van der Waals surface area (Å²) in [7, 11) is 6.23. The van der Waals surface area contributed by atoms with Crippen molar-refractivity contribution in [3.05, 3.63) is 66.4 Å². The van der Waals surface area contributed by atoms with Gasteiger partial charge in [-0.05, 0) is 67.9 Å². The molecule has 0 aliphatic carbocycles. The van der Waals surface area contributed by atoms with Gasteiger partial charge >= 0.3 is 0 Å². The lowest BCUT2D eigenvalue weighted by molar-refractivity contribution is 0.0303. The van der Waals surface area contributed by atoms with Crippen molar-refractivity contribution < 1.29 is 0 Å². The van der Waals surface area contributed by atoms with Gasteiger partial charge in [0, 0.05) is 68.8 Å². The minimum absolute atomic E-state index is 0.525. The standard InChI is InChI=1S/C27H34N6S/c1-31(2)22-11-9-19(10-12-22)25-16-26(32(3)30-25)24-18-33-14-13-20(24)15-23(33)17-28-27(34)29-21-7-5-4-6-8-21/h4-12,16,20,23-24H,13-15,17-18H2,1-3H3,(H2,28,29,34)/t20-,23+,24-/m0/s1. The van der Waals surface area contributed by atoms with E-state index in [0.29, 0.717) is 23.0 Å². The minimum atomic E-state index is 0.525. The first kappa shape index (κ1) is 22.9. The molecule has 6 nitrogen and oxygen atoms in total. The van der Waals surface area contributed by atoms with E-state index in [4.69, 9.17) is 17.3 Å². The Labute approximate surface area is 207 Å². The van der Waals surface area contributed by atoms with Crippen LogP contribution < -0.4 is 15.5 Å². The molecule has 2 bridgehead atoms. The summed E-state index contributed by atoms with van der Waals surface area (Å²) in [6.07, 6.45) is 2.45. The van der Waals surface area contributed by atoms with E-state index in [0.717, 1.165) is 24.5 Å². The van der Waals surface area contributed by atoms with Gasteiger partial charge in [0.25, 0.3) is 0 Å². The summed E-state index contributed by atoms with van der Waals surface area (Å²) in [5.74, 6) is 1.22. The van der Waals surface area contributed by atoms with Gasteiger partial charge in [0.1, 0.15) is 0 Å². The van der Waals surface area contributed by atoms with Gasteiger partial charge in [-0.15, -0.1) is 0 Å². The normalized spacial score (nSPS) is 23.5. The maximum atomic E-state index is 5.52. The second-order valence-corrected chi connectivity index (χ2v) is 10.2. The summed E-state index contributed by atoms with van der Waals surface area (Å²) in [5.41, 5.74) is 5.82. The maximum absolute atomic E-state index is 5.52. The summed E-state index contributed by atoms with van der Waals surface area (Å²) in [4.78, 5) is 4.76. The van der Waals surface area contributed by atoms with Crippen LogP contribution in [0.3, 0.4) is 0 Å². The molecule has 3 fully saturated rings. The van der Waals surface area contributed by atoms with E-state index in [9.17, 15) is 0 Å². The molecule has 2 aromatic carbocycles. The number of nitrogens with one attached hydrogen (secondary N) is 2. The van der Waals surface area contributed by atoms with E-state index in [1.54, 1.807) is 0 Å². The first-order valence-corrected chi connectivity index (χ1v) is 12.5. The van der Waals surface area contributed by atoms with E-state index < -0.39 is 0 Å². The smallest absolute Gasteiger partial charge is 0.170 e. The SMILES string of the molecule is CN(C)c1ccc(-c2cc([C@H]3CN4CC[C@H]3C[C@@H]4CNC(=S)Nc3ccccc3)n(C)n2)cc1. The fourth-order valence-corrected chi connectivity index (χ4v) is 5.69. The monoisotopic (exact) mass is 474 g/mol. The number of thiocarbonyl (C=S) groups is 1. The number of piperidine rings is 3. The number of para-hydroxylation sites is 1. The molecule has 3 aromatic rings. The lowest BCUT2D eigenvalue weighted by atomic mass is 9.74. The van der Waals surface area contributed by atoms with Crippen molar-refractivity contribution in [2.45, 2.75) is 24.8 Å². The zero-order chi connectivity index (χ0) is 23.7. The Bertz CT molecular complexity index is 1120. The van der Waals surface area contributed by atoms with Crippen LogP contribution in [0.25, 0.3) is 11.3 Å². The first-order valence-electron chi connectivity index (χ1n) is 12.1. The molecule has 1 unspecified atom stereocenters. The van der Waals surface area contributed by atoms with Crippen LogP contribution in [0.15, 0.2) is 60.7 Å². The molecule has 2 N–H and O–H groups in total. The molecule has 0 radical (unpaired) electrons. The van der Waals surface area contributed by atoms with Gasteiger partial charge < -0.3 is 15.5 Å². The van der Waals surface area contributed by atoms with Gasteiger partial charge in [0.05, 0.1) is 5.69 Å². The summed E-state index contributed by atoms with van der Waals surface area (Å²) < 4.78 is 2.10. The molecule has 3 aliphatic rings. The summed E-state index contributed by atoms with van der Waals surface area (Å²) in [5, 5.41) is 12.3. The fourth-order valence-electron chi connectivity index (χ4n) is 5.49. The van der Waals surface area contributed by atoms with E-state index in [1.165, 1.54) is 36.3 Å². The molecule has 0 spiro atoms. The van der Waals surface area contributed by atoms with Crippen LogP contribution >= 0.6 is 12.2 Å². The number of benzene rings is 2. The Morgan fingerprint density at radius 1 is 1.12 bits per heavy atom. The van der Waals surface area contributed by atoms with Crippen LogP contribution in [-0.4, -0.2) is 59.6 Å². The van der Waals surface area contributed by atoms with Crippen LogP contribution in [0.1, 0.15) is 24.5 Å². The van der Waals surface area contributed by atoms with Gasteiger partial charge in [0.15, 0.2) is 5.11 Å². The highest BCUT2D eigenvalue weighted by Gasteiger charge is 2.41. The molecule has 0 amide bonds. The fraction of sp³-hybridized carbons (Fsp3) is 0.407. The zero-order valence-corrected chi connectivity index (χ0v) is 21.1. The quantitative estimate of drug-likeness (QED) is 0.519. The van der Waals surface area contributed by atoms with Crippen molar-refractivity contribution in [3.63, 3.8) is 0 Å². The number of hydrogen-bond acceptors (Lipinski definition) is 4. The number of aromatic nitrogens is 2. The topological polar surface area (TPSA) is 48.4 Å². The average Bonchev–Trinajstić information content (AvgIpc) is 3.25. The van der Waals surface area contributed by atoms with Crippen molar-refractivity contribution in [3.8, 4) is 11.3 Å². The summed E-state index contributed by atoms with van der Waals surface area (Å²) >= 11 is 5.52. The van der Waals surface area contributed by atoms with E-state index in [1.807, 2.05) is 30.3 Å². The van der Waals surface area contributed by atoms with Crippen molar-refractivity contribution in [2.75, 3.05) is 43.9 Å². The zero-order valence-electron chi connectivity index (χ0n) is 20.2. The van der Waals surface area contributed by atoms with Crippen LogP contribution in [0, 0.1) is 5.92 Å². The number of aryl methyl sites for hydroxylation is 1. The Morgan fingerprint density at radius 2 is 1.88 bits per heavy atom. The lowest BCUT2D eigenvalue weighted by Gasteiger charge is -2.50. The summed E-state index contributed by atoms with van der Waals surface area (Å²) in [6, 6.07) is 21.6. The van der Waals surface area contributed by atoms with Crippen molar-refractivity contribution in [1.29, 1.82) is 0 Å². The number of nitrogens with zero attached hydrogens (tertiary/aromatic N) is 4. The van der Waals surface area contributed by atoms with Crippen LogP contribution in [0.4, 0.5) is 11.4 Å². The third kappa shape index (κ3) is 4.81. The third-order valence-electron chi connectivity index (χ3n) is 7.38. The molecule has 3 saturated heterocycles. The highest BCUT2D eigenvalue weighted by molar-refractivity contribution is 7.80. The van der Waals surface area contributed by atoms with Crippen LogP contribution in [-0.2, 0) is 7.05 Å². The Hall–Kier alpha value is -2.90. The van der Waals surface area contributed by atoms with Gasteiger partial charge in [-0.1, -0.05) is 30.3 Å². The van der Waals surface area contributed by atoms with E-state index in [2.05, 4.69) is 76.6 Å². The highest BCUT2D eigenvalue weighted by Crippen LogP contribution is 2.42. The van der Waals surface area contributed by atoms with Crippen LogP contribution in [0.5, 0.6) is 0 Å². The Kier molecular flexibility index (Phi) is 6.57. The second-order valence-electron chi connectivity index (χ2n) is 9.76. The predicted octanol–water partition coefficient (Wildman–Crippen LogP) is 4.32. The Balaban J connectivity index is 1.22. The van der Waals surface area contributed by atoms with Gasteiger partial charge in [0.2, 0.25) is 0 Å². The number of anilines is 2. The number of rotatable bonds is 6. The molecule has 34 heavy (non-hydrogen) atoms. The molecule has 3 aliphatic heterocycles. The molecule has 4 heterocycles.